The molecule has 1 amide bonds. The molecular formula is C12H21N7O. The van der Waals surface area contributed by atoms with Gasteiger partial charge in [-0.3, -0.25) is 4.79 Å². The van der Waals surface area contributed by atoms with Gasteiger partial charge in [-0.1, -0.05) is 0 Å². The number of amides is 1. The SMILES string of the molecule is CCNc1nc(N(C)C)nc(N2CCNC(=O)C2C)n1. The highest BCUT2D eigenvalue weighted by Crippen LogP contribution is 2.18. The van der Waals surface area contributed by atoms with E-state index in [0.29, 0.717) is 30.9 Å². The minimum absolute atomic E-state index is 0.00642. The second-order valence-electron chi connectivity index (χ2n) is 4.84. The number of carbonyl (C=O) groups is 1. The minimum atomic E-state index is -0.282. The fourth-order valence-electron chi connectivity index (χ4n) is 1.98. The second-order valence-corrected chi connectivity index (χ2v) is 4.84. The molecule has 0 aromatic carbocycles. The van der Waals surface area contributed by atoms with Crippen molar-refractivity contribution in [3.63, 3.8) is 0 Å². The van der Waals surface area contributed by atoms with Crippen LogP contribution in [0.5, 0.6) is 0 Å². The largest absolute Gasteiger partial charge is 0.354 e. The predicted molar refractivity (Wildman–Crippen MR) is 78.1 cm³/mol. The van der Waals surface area contributed by atoms with Gasteiger partial charge in [-0.2, -0.15) is 15.0 Å². The molecule has 1 unspecified atom stereocenters. The number of piperazine rings is 1. The number of aromatic nitrogens is 3. The van der Waals surface area contributed by atoms with Gasteiger partial charge in [0.2, 0.25) is 23.8 Å². The summed E-state index contributed by atoms with van der Waals surface area (Å²) in [4.78, 5) is 28.6. The van der Waals surface area contributed by atoms with E-state index in [9.17, 15) is 4.79 Å². The molecule has 2 N–H and O–H groups in total. The fraction of sp³-hybridized carbons (Fsp3) is 0.667. The Hall–Kier alpha value is -2.12. The summed E-state index contributed by atoms with van der Waals surface area (Å²) in [6.07, 6.45) is 0. The molecule has 110 valence electrons. The number of nitrogens with one attached hydrogen (secondary N) is 2. The Morgan fingerprint density at radius 3 is 2.80 bits per heavy atom. The molecule has 0 bridgehead atoms. The Bertz CT molecular complexity index is 491. The van der Waals surface area contributed by atoms with E-state index >= 15 is 0 Å². The monoisotopic (exact) mass is 279 g/mol. The lowest BCUT2D eigenvalue weighted by atomic mass is 10.2. The van der Waals surface area contributed by atoms with Crippen LogP contribution >= 0.6 is 0 Å². The molecule has 20 heavy (non-hydrogen) atoms. The standard InChI is InChI=1S/C12H21N7O/c1-5-13-10-15-11(18(3)4)17-12(16-10)19-7-6-14-9(20)8(19)2/h8H,5-7H2,1-4H3,(H,14,20)(H,13,15,16,17). The van der Waals surface area contributed by atoms with E-state index < -0.39 is 0 Å². The van der Waals surface area contributed by atoms with Gasteiger partial charge in [0.25, 0.3) is 0 Å². The van der Waals surface area contributed by atoms with Gasteiger partial charge in [-0.05, 0) is 13.8 Å². The highest BCUT2D eigenvalue weighted by molar-refractivity contribution is 5.85. The molecule has 0 radical (unpaired) electrons. The zero-order valence-electron chi connectivity index (χ0n) is 12.3. The Labute approximate surface area is 118 Å². The Balaban J connectivity index is 2.36. The number of rotatable bonds is 4. The van der Waals surface area contributed by atoms with E-state index in [1.807, 2.05) is 37.7 Å². The molecule has 0 aliphatic carbocycles. The van der Waals surface area contributed by atoms with E-state index in [4.69, 9.17) is 0 Å². The van der Waals surface area contributed by atoms with E-state index in [2.05, 4.69) is 25.6 Å². The van der Waals surface area contributed by atoms with Gasteiger partial charge < -0.3 is 20.4 Å². The number of hydrogen-bond donors (Lipinski definition) is 2. The Morgan fingerprint density at radius 1 is 1.40 bits per heavy atom. The zero-order valence-corrected chi connectivity index (χ0v) is 12.3. The molecule has 2 rings (SSSR count). The van der Waals surface area contributed by atoms with Crippen molar-refractivity contribution in [1.82, 2.24) is 20.3 Å². The van der Waals surface area contributed by atoms with Crippen LogP contribution in [-0.4, -0.2) is 60.6 Å². The molecule has 8 nitrogen and oxygen atoms in total. The number of anilines is 3. The van der Waals surface area contributed by atoms with Crippen LogP contribution in [0.2, 0.25) is 0 Å². The van der Waals surface area contributed by atoms with E-state index in [1.54, 1.807) is 0 Å². The third-order valence-electron chi connectivity index (χ3n) is 3.10. The first-order chi connectivity index (χ1) is 9.52. The number of carbonyl (C=O) groups excluding carboxylic acids is 1. The maximum absolute atomic E-state index is 11.8. The van der Waals surface area contributed by atoms with Gasteiger partial charge in [0.15, 0.2) is 0 Å². The van der Waals surface area contributed by atoms with Crippen molar-refractivity contribution in [2.75, 3.05) is 48.8 Å². The van der Waals surface area contributed by atoms with Crippen molar-refractivity contribution in [2.45, 2.75) is 19.9 Å². The summed E-state index contributed by atoms with van der Waals surface area (Å²) >= 11 is 0. The van der Waals surface area contributed by atoms with Crippen LogP contribution < -0.4 is 20.4 Å². The summed E-state index contributed by atoms with van der Waals surface area (Å²) in [6.45, 7) is 5.85. The van der Waals surface area contributed by atoms with Crippen LogP contribution in [0.15, 0.2) is 0 Å². The van der Waals surface area contributed by atoms with Crippen LogP contribution in [0.3, 0.4) is 0 Å². The summed E-state index contributed by atoms with van der Waals surface area (Å²) in [7, 11) is 3.75. The van der Waals surface area contributed by atoms with Crippen molar-refractivity contribution in [3.8, 4) is 0 Å². The molecule has 1 aliphatic rings. The molecule has 1 atom stereocenters. The number of nitrogens with zero attached hydrogens (tertiary/aromatic N) is 5. The molecule has 2 heterocycles. The first kappa shape index (κ1) is 14.3. The van der Waals surface area contributed by atoms with Crippen LogP contribution in [0, 0.1) is 0 Å². The fourth-order valence-corrected chi connectivity index (χ4v) is 1.98. The molecule has 1 aromatic rings. The first-order valence-corrected chi connectivity index (χ1v) is 6.74. The Morgan fingerprint density at radius 2 is 2.15 bits per heavy atom. The van der Waals surface area contributed by atoms with Crippen molar-refractivity contribution in [3.05, 3.63) is 0 Å². The first-order valence-electron chi connectivity index (χ1n) is 6.74. The van der Waals surface area contributed by atoms with Gasteiger partial charge >= 0.3 is 0 Å². The smallest absolute Gasteiger partial charge is 0.242 e. The maximum Gasteiger partial charge on any atom is 0.242 e. The molecule has 1 fully saturated rings. The molecule has 8 heteroatoms. The predicted octanol–water partition coefficient (Wildman–Crippen LogP) is -0.306. The van der Waals surface area contributed by atoms with Crippen molar-refractivity contribution in [1.29, 1.82) is 0 Å². The highest BCUT2D eigenvalue weighted by atomic mass is 16.2. The van der Waals surface area contributed by atoms with Gasteiger partial charge in [0.05, 0.1) is 0 Å². The summed E-state index contributed by atoms with van der Waals surface area (Å²) in [6, 6.07) is -0.282. The molecular weight excluding hydrogens is 258 g/mol. The minimum Gasteiger partial charge on any atom is -0.354 e. The lowest BCUT2D eigenvalue weighted by Crippen LogP contribution is -2.54. The summed E-state index contributed by atoms with van der Waals surface area (Å²) in [5.74, 6) is 1.62. The van der Waals surface area contributed by atoms with Crippen molar-refractivity contribution >= 4 is 23.8 Å². The molecule has 1 aliphatic heterocycles. The quantitative estimate of drug-likeness (QED) is 0.782. The van der Waals surface area contributed by atoms with E-state index in [-0.39, 0.29) is 11.9 Å². The van der Waals surface area contributed by atoms with Crippen LogP contribution in [0.1, 0.15) is 13.8 Å². The average molecular weight is 279 g/mol. The average Bonchev–Trinajstić information content (AvgIpc) is 2.42. The summed E-state index contributed by atoms with van der Waals surface area (Å²) in [5, 5.41) is 5.92. The summed E-state index contributed by atoms with van der Waals surface area (Å²) < 4.78 is 0. The van der Waals surface area contributed by atoms with Gasteiger partial charge in [0, 0.05) is 33.7 Å². The van der Waals surface area contributed by atoms with Crippen LogP contribution in [0.4, 0.5) is 17.8 Å². The normalized spacial score (nSPS) is 18.7. The van der Waals surface area contributed by atoms with Gasteiger partial charge in [0.1, 0.15) is 6.04 Å². The van der Waals surface area contributed by atoms with E-state index in [1.165, 1.54) is 0 Å². The van der Waals surface area contributed by atoms with Crippen molar-refractivity contribution in [2.24, 2.45) is 0 Å². The molecule has 0 spiro atoms. The number of hydrogen-bond acceptors (Lipinski definition) is 7. The van der Waals surface area contributed by atoms with Gasteiger partial charge in [-0.15, -0.1) is 0 Å². The van der Waals surface area contributed by atoms with Gasteiger partial charge in [-0.25, -0.2) is 0 Å². The highest BCUT2D eigenvalue weighted by Gasteiger charge is 2.28. The second kappa shape index (κ2) is 5.89. The van der Waals surface area contributed by atoms with Crippen LogP contribution in [-0.2, 0) is 4.79 Å². The maximum atomic E-state index is 11.8. The van der Waals surface area contributed by atoms with Crippen molar-refractivity contribution < 1.29 is 4.79 Å². The zero-order chi connectivity index (χ0) is 14.7. The third kappa shape index (κ3) is 2.89. The Kier molecular flexibility index (Phi) is 4.21. The van der Waals surface area contributed by atoms with Crippen LogP contribution in [0.25, 0.3) is 0 Å². The lowest BCUT2D eigenvalue weighted by Gasteiger charge is -2.33. The lowest BCUT2D eigenvalue weighted by molar-refractivity contribution is -0.122. The molecule has 0 saturated carbocycles. The topological polar surface area (TPSA) is 86.3 Å². The molecule has 1 saturated heterocycles. The van der Waals surface area contributed by atoms with E-state index in [0.717, 1.165) is 6.54 Å². The summed E-state index contributed by atoms with van der Waals surface area (Å²) in [5.41, 5.74) is 0. The molecule has 1 aromatic heterocycles. The third-order valence-corrected chi connectivity index (χ3v) is 3.10.